The first-order valence-electron chi connectivity index (χ1n) is 6.66. The van der Waals surface area contributed by atoms with Crippen LogP contribution in [0.5, 0.6) is 11.5 Å². The van der Waals surface area contributed by atoms with E-state index in [9.17, 15) is 0 Å². The third kappa shape index (κ3) is 3.67. The fourth-order valence-electron chi connectivity index (χ4n) is 2.10. The van der Waals surface area contributed by atoms with Gasteiger partial charge >= 0.3 is 0 Å². The van der Waals surface area contributed by atoms with Gasteiger partial charge < -0.3 is 14.8 Å². The molecular weight excluding hydrogens is 264 g/mol. The van der Waals surface area contributed by atoms with Gasteiger partial charge in [0.2, 0.25) is 0 Å². The summed E-state index contributed by atoms with van der Waals surface area (Å²) >= 11 is 0. The molecule has 0 spiro atoms. The molecule has 2 aromatic rings. The molecule has 4 nitrogen and oxygen atoms in total. The molecule has 0 aromatic heterocycles. The zero-order valence-electron chi connectivity index (χ0n) is 12.4. The quantitative estimate of drug-likeness (QED) is 0.907. The SMILES string of the molecule is COc1cc(NC(C)c2cccc(C#N)c2)cc(OC)c1. The zero-order chi connectivity index (χ0) is 15.2. The topological polar surface area (TPSA) is 54.3 Å². The van der Waals surface area contributed by atoms with Crippen LogP contribution in [0.1, 0.15) is 24.1 Å². The van der Waals surface area contributed by atoms with E-state index in [-0.39, 0.29) is 6.04 Å². The molecule has 1 atom stereocenters. The van der Waals surface area contributed by atoms with E-state index in [4.69, 9.17) is 14.7 Å². The van der Waals surface area contributed by atoms with Gasteiger partial charge in [-0.1, -0.05) is 12.1 Å². The van der Waals surface area contributed by atoms with Crippen LogP contribution in [-0.2, 0) is 0 Å². The van der Waals surface area contributed by atoms with Gasteiger partial charge in [-0.3, -0.25) is 0 Å². The molecule has 0 aliphatic heterocycles. The van der Waals surface area contributed by atoms with E-state index in [1.807, 2.05) is 43.3 Å². The van der Waals surface area contributed by atoms with Crippen molar-refractivity contribution in [2.24, 2.45) is 0 Å². The van der Waals surface area contributed by atoms with Gasteiger partial charge in [-0.25, -0.2) is 0 Å². The standard InChI is InChI=1S/C17H18N2O2/c1-12(14-6-4-5-13(7-14)11-18)19-15-8-16(20-2)10-17(9-15)21-3/h4-10,12,19H,1-3H3. The summed E-state index contributed by atoms with van der Waals surface area (Å²) in [6.07, 6.45) is 0. The molecule has 108 valence electrons. The maximum Gasteiger partial charge on any atom is 0.124 e. The smallest absolute Gasteiger partial charge is 0.124 e. The molecule has 2 rings (SSSR count). The van der Waals surface area contributed by atoms with Gasteiger partial charge in [0.25, 0.3) is 0 Å². The normalized spacial score (nSPS) is 11.3. The second-order valence-corrected chi connectivity index (χ2v) is 4.70. The lowest BCUT2D eigenvalue weighted by Gasteiger charge is -2.17. The van der Waals surface area contributed by atoms with E-state index >= 15 is 0 Å². The van der Waals surface area contributed by atoms with Crippen molar-refractivity contribution in [3.05, 3.63) is 53.6 Å². The number of nitrogens with one attached hydrogen (secondary N) is 1. The lowest BCUT2D eigenvalue weighted by Crippen LogP contribution is -2.07. The van der Waals surface area contributed by atoms with Gasteiger partial charge in [0, 0.05) is 29.9 Å². The monoisotopic (exact) mass is 282 g/mol. The van der Waals surface area contributed by atoms with Crippen molar-refractivity contribution < 1.29 is 9.47 Å². The van der Waals surface area contributed by atoms with E-state index in [0.717, 1.165) is 22.7 Å². The number of ether oxygens (including phenoxy) is 2. The fourth-order valence-corrected chi connectivity index (χ4v) is 2.10. The first-order chi connectivity index (χ1) is 10.2. The molecule has 0 aliphatic carbocycles. The van der Waals surface area contributed by atoms with Crippen LogP contribution < -0.4 is 14.8 Å². The van der Waals surface area contributed by atoms with Crippen molar-refractivity contribution in [1.29, 1.82) is 5.26 Å². The molecule has 0 saturated heterocycles. The molecular formula is C17H18N2O2. The summed E-state index contributed by atoms with van der Waals surface area (Å²) in [4.78, 5) is 0. The Kier molecular flexibility index (Phi) is 4.68. The van der Waals surface area contributed by atoms with E-state index in [2.05, 4.69) is 11.4 Å². The average Bonchev–Trinajstić information content (AvgIpc) is 2.54. The summed E-state index contributed by atoms with van der Waals surface area (Å²) in [5, 5.41) is 12.4. The largest absolute Gasteiger partial charge is 0.497 e. The summed E-state index contributed by atoms with van der Waals surface area (Å²) < 4.78 is 10.5. The Morgan fingerprint density at radius 2 is 1.71 bits per heavy atom. The van der Waals surface area contributed by atoms with Gasteiger partial charge in [-0.2, -0.15) is 5.26 Å². The molecule has 0 bridgehead atoms. The Bertz CT molecular complexity index is 640. The van der Waals surface area contributed by atoms with Gasteiger partial charge in [0.1, 0.15) is 11.5 Å². The molecule has 2 aromatic carbocycles. The summed E-state index contributed by atoms with van der Waals surface area (Å²) in [5.74, 6) is 1.46. The highest BCUT2D eigenvalue weighted by Gasteiger charge is 2.08. The number of nitrogens with zero attached hydrogens (tertiary/aromatic N) is 1. The number of hydrogen-bond acceptors (Lipinski definition) is 4. The van der Waals surface area contributed by atoms with Gasteiger partial charge in [-0.15, -0.1) is 0 Å². The summed E-state index contributed by atoms with van der Waals surface area (Å²) in [5.41, 5.74) is 2.61. The third-order valence-electron chi connectivity index (χ3n) is 3.25. The van der Waals surface area contributed by atoms with Crippen molar-refractivity contribution >= 4 is 5.69 Å². The second kappa shape index (κ2) is 6.67. The molecule has 0 heterocycles. The minimum atomic E-state index is 0.0649. The molecule has 0 radical (unpaired) electrons. The van der Waals surface area contributed by atoms with Crippen LogP contribution in [0.25, 0.3) is 0 Å². The summed E-state index contributed by atoms with van der Waals surface area (Å²) in [6, 6.07) is 15.4. The number of nitriles is 1. The highest BCUT2D eigenvalue weighted by molar-refractivity contribution is 5.55. The van der Waals surface area contributed by atoms with Crippen LogP contribution in [0.2, 0.25) is 0 Å². The maximum absolute atomic E-state index is 8.97. The summed E-state index contributed by atoms with van der Waals surface area (Å²) in [7, 11) is 3.25. The highest BCUT2D eigenvalue weighted by Crippen LogP contribution is 2.28. The van der Waals surface area contributed by atoms with Gasteiger partial charge in [-0.05, 0) is 24.6 Å². The van der Waals surface area contributed by atoms with Gasteiger partial charge in [0.05, 0.1) is 25.9 Å². The van der Waals surface area contributed by atoms with E-state index in [0.29, 0.717) is 5.56 Å². The Labute approximate surface area is 124 Å². The number of methoxy groups -OCH3 is 2. The molecule has 0 amide bonds. The highest BCUT2D eigenvalue weighted by atomic mass is 16.5. The van der Waals surface area contributed by atoms with Crippen molar-refractivity contribution in [3.63, 3.8) is 0 Å². The average molecular weight is 282 g/mol. The number of benzene rings is 2. The number of hydrogen-bond donors (Lipinski definition) is 1. The second-order valence-electron chi connectivity index (χ2n) is 4.70. The predicted molar refractivity (Wildman–Crippen MR) is 82.7 cm³/mol. The first-order valence-corrected chi connectivity index (χ1v) is 6.66. The van der Waals surface area contributed by atoms with E-state index in [1.54, 1.807) is 20.3 Å². The van der Waals surface area contributed by atoms with Crippen LogP contribution in [0, 0.1) is 11.3 Å². The Morgan fingerprint density at radius 3 is 2.29 bits per heavy atom. The van der Waals surface area contributed by atoms with Crippen molar-refractivity contribution in [2.45, 2.75) is 13.0 Å². The maximum atomic E-state index is 8.97. The van der Waals surface area contributed by atoms with Crippen LogP contribution >= 0.6 is 0 Å². The Balaban J connectivity index is 2.22. The first kappa shape index (κ1) is 14.7. The zero-order valence-corrected chi connectivity index (χ0v) is 12.4. The van der Waals surface area contributed by atoms with Crippen LogP contribution in [0.3, 0.4) is 0 Å². The molecule has 21 heavy (non-hydrogen) atoms. The molecule has 4 heteroatoms. The van der Waals surface area contributed by atoms with Crippen LogP contribution in [-0.4, -0.2) is 14.2 Å². The number of rotatable bonds is 5. The van der Waals surface area contributed by atoms with Crippen LogP contribution in [0.15, 0.2) is 42.5 Å². The van der Waals surface area contributed by atoms with E-state index in [1.165, 1.54) is 0 Å². The molecule has 0 saturated carbocycles. The molecule has 0 fully saturated rings. The lowest BCUT2D eigenvalue weighted by atomic mass is 10.1. The summed E-state index contributed by atoms with van der Waals surface area (Å²) in [6.45, 7) is 2.04. The number of anilines is 1. The fraction of sp³-hybridized carbons (Fsp3) is 0.235. The Hall–Kier alpha value is -2.67. The molecule has 1 N–H and O–H groups in total. The third-order valence-corrected chi connectivity index (χ3v) is 3.25. The minimum absolute atomic E-state index is 0.0649. The molecule has 0 aliphatic rings. The van der Waals surface area contributed by atoms with Crippen molar-refractivity contribution in [3.8, 4) is 17.6 Å². The predicted octanol–water partition coefficient (Wildman–Crippen LogP) is 3.75. The van der Waals surface area contributed by atoms with Crippen molar-refractivity contribution in [1.82, 2.24) is 0 Å². The molecule has 1 unspecified atom stereocenters. The minimum Gasteiger partial charge on any atom is -0.497 e. The lowest BCUT2D eigenvalue weighted by molar-refractivity contribution is 0.394. The van der Waals surface area contributed by atoms with Crippen molar-refractivity contribution in [2.75, 3.05) is 19.5 Å². The van der Waals surface area contributed by atoms with E-state index < -0.39 is 0 Å². The van der Waals surface area contributed by atoms with Crippen LogP contribution in [0.4, 0.5) is 5.69 Å². The Morgan fingerprint density at radius 1 is 1.05 bits per heavy atom. The van der Waals surface area contributed by atoms with Gasteiger partial charge in [0.15, 0.2) is 0 Å².